The summed E-state index contributed by atoms with van der Waals surface area (Å²) in [6.07, 6.45) is 0. The largest absolute Gasteiger partial charge is 0.490 e. The molecule has 1 aromatic heterocycles. The van der Waals surface area contributed by atoms with Gasteiger partial charge in [-0.25, -0.2) is 0 Å². The van der Waals surface area contributed by atoms with Crippen LogP contribution < -0.4 is 5.46 Å². The fraction of sp³-hybridized carbons (Fsp3) is 0. The summed E-state index contributed by atoms with van der Waals surface area (Å²) in [5.41, 5.74) is 3.39. The van der Waals surface area contributed by atoms with Gasteiger partial charge in [-0.2, -0.15) is 0 Å². The molecule has 4 heteroatoms. The number of hydrogen-bond acceptors (Lipinski definition) is 2. The van der Waals surface area contributed by atoms with Gasteiger partial charge in [-0.1, -0.05) is 54.6 Å². The van der Waals surface area contributed by atoms with E-state index in [-0.39, 0.29) is 0 Å². The normalized spacial score (nSPS) is 11.2. The molecule has 0 unspecified atom stereocenters. The van der Waals surface area contributed by atoms with E-state index in [2.05, 4.69) is 28.8 Å². The number of para-hydroxylation sites is 3. The van der Waals surface area contributed by atoms with Crippen LogP contribution in [0.5, 0.6) is 0 Å². The lowest BCUT2D eigenvalue weighted by molar-refractivity contribution is 0.425. The van der Waals surface area contributed by atoms with Gasteiger partial charge in [0.2, 0.25) is 0 Å². The highest BCUT2D eigenvalue weighted by molar-refractivity contribution is 6.60. The Morgan fingerprint density at radius 3 is 1.73 bits per heavy atom. The maximum absolute atomic E-state index is 9.69. The van der Waals surface area contributed by atoms with Crippen LogP contribution >= 0.6 is 0 Å². The van der Waals surface area contributed by atoms with Crippen molar-refractivity contribution in [3.05, 3.63) is 72.8 Å². The highest BCUT2D eigenvalue weighted by atomic mass is 16.4. The Balaban J connectivity index is 2.19. The van der Waals surface area contributed by atoms with Crippen LogP contribution in [0.25, 0.3) is 27.5 Å². The molecule has 106 valence electrons. The number of rotatable bonds is 2. The number of hydrogen-bond donors (Lipinski definition) is 2. The van der Waals surface area contributed by atoms with E-state index in [0.717, 1.165) is 27.5 Å². The third kappa shape index (κ3) is 1.85. The number of fused-ring (bicyclic) bond motifs is 3. The summed E-state index contributed by atoms with van der Waals surface area (Å²) in [6.45, 7) is 0. The second kappa shape index (κ2) is 5.02. The van der Waals surface area contributed by atoms with Crippen LogP contribution in [-0.2, 0) is 0 Å². The maximum atomic E-state index is 9.69. The minimum atomic E-state index is -1.50. The van der Waals surface area contributed by atoms with E-state index in [9.17, 15) is 10.0 Å². The van der Waals surface area contributed by atoms with Crippen LogP contribution in [0.4, 0.5) is 0 Å². The van der Waals surface area contributed by atoms with Gasteiger partial charge in [0.05, 0.1) is 11.0 Å². The summed E-state index contributed by atoms with van der Waals surface area (Å²) in [5, 5.41) is 21.7. The van der Waals surface area contributed by atoms with Crippen molar-refractivity contribution >= 4 is 34.4 Å². The third-order valence-corrected chi connectivity index (χ3v) is 4.04. The van der Waals surface area contributed by atoms with E-state index in [1.54, 1.807) is 6.07 Å². The summed E-state index contributed by atoms with van der Waals surface area (Å²) in [5.74, 6) is 0. The van der Waals surface area contributed by atoms with Gasteiger partial charge in [0.25, 0.3) is 0 Å². The predicted molar refractivity (Wildman–Crippen MR) is 90.6 cm³/mol. The first-order valence-corrected chi connectivity index (χ1v) is 7.21. The first-order valence-electron chi connectivity index (χ1n) is 7.21. The molecule has 0 atom stereocenters. The second-order valence-corrected chi connectivity index (χ2v) is 5.30. The van der Waals surface area contributed by atoms with Crippen molar-refractivity contribution in [2.45, 2.75) is 0 Å². The molecule has 2 N–H and O–H groups in total. The van der Waals surface area contributed by atoms with Gasteiger partial charge in [0.1, 0.15) is 0 Å². The number of benzene rings is 3. The highest BCUT2D eigenvalue weighted by Gasteiger charge is 2.19. The lowest BCUT2D eigenvalue weighted by Crippen LogP contribution is -2.33. The average Bonchev–Trinajstić information content (AvgIpc) is 2.89. The Morgan fingerprint density at radius 1 is 0.636 bits per heavy atom. The van der Waals surface area contributed by atoms with Crippen molar-refractivity contribution in [3.63, 3.8) is 0 Å². The molecule has 22 heavy (non-hydrogen) atoms. The van der Waals surface area contributed by atoms with Crippen molar-refractivity contribution in [1.82, 2.24) is 4.57 Å². The standard InChI is InChI=1S/C18H14BNO2/c21-19(22)15-9-3-6-12-18(15)20-16-10-4-1-7-13(16)14-8-2-5-11-17(14)20/h1-12,21-22H. The fourth-order valence-electron chi connectivity index (χ4n) is 3.09. The van der Waals surface area contributed by atoms with Crippen LogP contribution in [0.1, 0.15) is 0 Å². The molecule has 0 spiro atoms. The van der Waals surface area contributed by atoms with Gasteiger partial charge in [0.15, 0.2) is 0 Å². The monoisotopic (exact) mass is 287 g/mol. The topological polar surface area (TPSA) is 45.4 Å². The van der Waals surface area contributed by atoms with Crippen LogP contribution in [0.2, 0.25) is 0 Å². The van der Waals surface area contributed by atoms with Crippen LogP contribution in [0, 0.1) is 0 Å². The van der Waals surface area contributed by atoms with Gasteiger partial charge < -0.3 is 14.6 Å². The summed E-state index contributed by atoms with van der Waals surface area (Å²) in [6, 6.07) is 23.7. The van der Waals surface area contributed by atoms with E-state index in [4.69, 9.17) is 0 Å². The molecule has 0 bridgehead atoms. The van der Waals surface area contributed by atoms with Crippen LogP contribution in [-0.4, -0.2) is 21.7 Å². The second-order valence-electron chi connectivity index (χ2n) is 5.30. The van der Waals surface area contributed by atoms with Crippen molar-refractivity contribution in [1.29, 1.82) is 0 Å². The van der Waals surface area contributed by atoms with Crippen molar-refractivity contribution in [3.8, 4) is 5.69 Å². The molecule has 3 nitrogen and oxygen atoms in total. The zero-order valence-corrected chi connectivity index (χ0v) is 11.8. The van der Waals surface area contributed by atoms with Crippen molar-refractivity contribution < 1.29 is 10.0 Å². The summed E-state index contributed by atoms with van der Waals surface area (Å²) in [4.78, 5) is 0. The Kier molecular flexibility index (Phi) is 3.00. The molecule has 0 radical (unpaired) electrons. The lowest BCUT2D eigenvalue weighted by atomic mass is 9.79. The van der Waals surface area contributed by atoms with E-state index in [0.29, 0.717) is 5.46 Å². The first kappa shape index (κ1) is 13.1. The Labute approximate surface area is 128 Å². The van der Waals surface area contributed by atoms with Gasteiger partial charge in [-0.05, 0) is 18.2 Å². The molecule has 0 aliphatic heterocycles. The first-order chi connectivity index (χ1) is 10.8. The minimum absolute atomic E-state index is 0.494. The quantitative estimate of drug-likeness (QED) is 0.556. The summed E-state index contributed by atoms with van der Waals surface area (Å²) in [7, 11) is -1.50. The zero-order valence-electron chi connectivity index (χ0n) is 11.8. The van der Waals surface area contributed by atoms with Crippen molar-refractivity contribution in [2.24, 2.45) is 0 Å². The molecule has 0 aliphatic carbocycles. The molecular weight excluding hydrogens is 273 g/mol. The van der Waals surface area contributed by atoms with Gasteiger partial charge in [-0.15, -0.1) is 0 Å². The van der Waals surface area contributed by atoms with E-state index >= 15 is 0 Å². The fourth-order valence-corrected chi connectivity index (χ4v) is 3.09. The Morgan fingerprint density at radius 2 is 1.14 bits per heavy atom. The summed E-state index contributed by atoms with van der Waals surface area (Å²) >= 11 is 0. The molecule has 1 heterocycles. The number of nitrogens with zero attached hydrogens (tertiary/aromatic N) is 1. The molecule has 4 rings (SSSR count). The average molecular weight is 287 g/mol. The predicted octanol–water partition coefficient (Wildman–Crippen LogP) is 2.46. The smallest absolute Gasteiger partial charge is 0.423 e. The maximum Gasteiger partial charge on any atom is 0.490 e. The molecule has 4 aromatic rings. The molecule has 0 fully saturated rings. The molecular formula is C18H14BNO2. The van der Waals surface area contributed by atoms with Gasteiger partial charge >= 0.3 is 7.12 Å². The SMILES string of the molecule is OB(O)c1ccccc1-n1c2ccccc2c2ccccc21. The highest BCUT2D eigenvalue weighted by Crippen LogP contribution is 2.31. The van der Waals surface area contributed by atoms with Crippen LogP contribution in [0.3, 0.4) is 0 Å². The van der Waals surface area contributed by atoms with Crippen molar-refractivity contribution in [2.75, 3.05) is 0 Å². The number of aromatic nitrogens is 1. The molecule has 0 amide bonds. The third-order valence-electron chi connectivity index (χ3n) is 4.04. The summed E-state index contributed by atoms with van der Waals surface area (Å²) < 4.78 is 2.08. The van der Waals surface area contributed by atoms with Gasteiger partial charge in [-0.3, -0.25) is 0 Å². The molecule has 0 saturated carbocycles. The molecule has 3 aromatic carbocycles. The lowest BCUT2D eigenvalue weighted by Gasteiger charge is -2.12. The van der Waals surface area contributed by atoms with E-state index < -0.39 is 7.12 Å². The zero-order chi connectivity index (χ0) is 15.1. The Hall–Kier alpha value is -2.56. The van der Waals surface area contributed by atoms with E-state index in [1.807, 2.05) is 42.5 Å². The van der Waals surface area contributed by atoms with E-state index in [1.165, 1.54) is 0 Å². The minimum Gasteiger partial charge on any atom is -0.423 e. The van der Waals surface area contributed by atoms with Gasteiger partial charge in [0, 0.05) is 21.9 Å². The molecule has 0 aliphatic rings. The Bertz CT molecular complexity index is 922. The molecule has 0 saturated heterocycles. The van der Waals surface area contributed by atoms with Crippen LogP contribution in [0.15, 0.2) is 72.8 Å².